The van der Waals surface area contributed by atoms with Gasteiger partial charge in [-0.05, 0) is 18.2 Å². The van der Waals surface area contributed by atoms with Crippen molar-refractivity contribution in [2.45, 2.75) is 0 Å². The highest BCUT2D eigenvalue weighted by Gasteiger charge is 2.13. The Balaban J connectivity index is 2.17. The fourth-order valence-corrected chi connectivity index (χ4v) is 2.45. The number of aromatic nitrogens is 2. The van der Waals surface area contributed by atoms with Crippen molar-refractivity contribution >= 4 is 32.6 Å². The lowest BCUT2D eigenvalue weighted by Gasteiger charge is -2.11. The number of fused-ring (bicyclic) bond motifs is 1. The lowest BCUT2D eigenvalue weighted by Crippen LogP contribution is -2.29. The summed E-state index contributed by atoms with van der Waals surface area (Å²) in [5, 5.41) is 3.19. The van der Waals surface area contributed by atoms with Gasteiger partial charge in [0, 0.05) is 26.3 Å². The number of nitrogens with two attached hydrogens (primary N) is 1. The Kier molecular flexibility index (Phi) is 4.14. The maximum atomic E-state index is 11.9. The van der Waals surface area contributed by atoms with Crippen molar-refractivity contribution in [3.05, 3.63) is 28.6 Å². The van der Waals surface area contributed by atoms with Crippen molar-refractivity contribution in [3.8, 4) is 0 Å². The van der Waals surface area contributed by atoms with Gasteiger partial charge in [-0.1, -0.05) is 0 Å². The quantitative estimate of drug-likeness (QED) is 0.658. The van der Waals surface area contributed by atoms with E-state index in [9.17, 15) is 13.2 Å². The van der Waals surface area contributed by atoms with E-state index in [2.05, 4.69) is 15.3 Å². The van der Waals surface area contributed by atoms with Crippen LogP contribution in [0, 0.1) is 0 Å². The molecule has 4 N–H and O–H groups in total. The average Bonchev–Trinajstić information content (AvgIpc) is 2.39. The van der Waals surface area contributed by atoms with Crippen molar-refractivity contribution in [3.63, 3.8) is 0 Å². The number of sulfonamides is 1. The van der Waals surface area contributed by atoms with Gasteiger partial charge < -0.3 is 11.1 Å². The maximum absolute atomic E-state index is 11.9. The van der Waals surface area contributed by atoms with Crippen LogP contribution in [0.2, 0.25) is 0 Å². The molecule has 114 valence electrons. The molecular weight excluding hydrogens is 294 g/mol. The largest absolute Gasteiger partial charge is 0.399 e. The third-order valence-corrected chi connectivity index (χ3v) is 4.77. The molecule has 0 unspecified atom stereocenters. The van der Waals surface area contributed by atoms with Gasteiger partial charge in [0.2, 0.25) is 16.0 Å². The summed E-state index contributed by atoms with van der Waals surface area (Å²) in [6.07, 6.45) is 0. The third-order valence-electron chi connectivity index (χ3n) is 2.94. The molecule has 0 aliphatic heterocycles. The molecule has 1 aromatic heterocycles. The molecule has 8 nitrogen and oxygen atoms in total. The molecular formula is C12H17N5O3S. The van der Waals surface area contributed by atoms with Crippen LogP contribution in [0.5, 0.6) is 0 Å². The number of aromatic amines is 1. The minimum atomic E-state index is -3.29. The van der Waals surface area contributed by atoms with Crippen LogP contribution in [-0.4, -0.2) is 49.1 Å². The number of H-pyrrole nitrogens is 1. The van der Waals surface area contributed by atoms with Crippen LogP contribution in [0.15, 0.2) is 23.0 Å². The van der Waals surface area contributed by atoms with Gasteiger partial charge in [0.05, 0.1) is 16.7 Å². The molecule has 0 amide bonds. The lowest BCUT2D eigenvalue weighted by atomic mass is 10.2. The summed E-state index contributed by atoms with van der Waals surface area (Å²) >= 11 is 0. The first-order valence-electron chi connectivity index (χ1n) is 6.23. The fourth-order valence-electron chi connectivity index (χ4n) is 1.72. The van der Waals surface area contributed by atoms with Crippen LogP contribution in [0.4, 0.5) is 11.6 Å². The number of benzene rings is 1. The number of hydrogen-bond acceptors (Lipinski definition) is 6. The minimum absolute atomic E-state index is 0.0938. The molecule has 9 heteroatoms. The Morgan fingerprint density at radius 1 is 1.38 bits per heavy atom. The number of hydrogen-bond donors (Lipinski definition) is 3. The SMILES string of the molecule is CN(C)S(=O)(=O)CCNc1nc2ccc(N)cc2c(=O)[nH]1. The van der Waals surface area contributed by atoms with E-state index in [0.29, 0.717) is 16.6 Å². The Hall–Kier alpha value is -2.13. The van der Waals surface area contributed by atoms with Crippen molar-refractivity contribution in [1.29, 1.82) is 0 Å². The summed E-state index contributed by atoms with van der Waals surface area (Å²) in [5.74, 6) is 0.134. The molecule has 0 aliphatic carbocycles. The molecule has 2 aromatic rings. The molecule has 1 heterocycles. The van der Waals surface area contributed by atoms with E-state index in [1.807, 2.05) is 0 Å². The number of nitrogens with zero attached hydrogens (tertiary/aromatic N) is 2. The Morgan fingerprint density at radius 3 is 2.76 bits per heavy atom. The van der Waals surface area contributed by atoms with Gasteiger partial charge >= 0.3 is 0 Å². The van der Waals surface area contributed by atoms with Crippen LogP contribution in [0.3, 0.4) is 0 Å². The van der Waals surface area contributed by atoms with Gasteiger partial charge in [0.15, 0.2) is 0 Å². The number of nitrogens with one attached hydrogen (secondary N) is 2. The Morgan fingerprint density at radius 2 is 2.10 bits per heavy atom. The van der Waals surface area contributed by atoms with Gasteiger partial charge in [-0.25, -0.2) is 17.7 Å². The number of nitrogen functional groups attached to an aromatic ring is 1. The first-order valence-corrected chi connectivity index (χ1v) is 7.84. The molecule has 0 atom stereocenters. The van der Waals surface area contributed by atoms with Crippen LogP contribution in [0.1, 0.15) is 0 Å². The van der Waals surface area contributed by atoms with Crippen LogP contribution in [-0.2, 0) is 10.0 Å². The molecule has 0 bridgehead atoms. The zero-order valence-corrected chi connectivity index (χ0v) is 12.6. The predicted octanol–water partition coefficient (Wildman–Crippen LogP) is -0.191. The van der Waals surface area contributed by atoms with E-state index < -0.39 is 10.0 Å². The first kappa shape index (κ1) is 15.3. The predicted molar refractivity (Wildman–Crippen MR) is 82.7 cm³/mol. The Bertz CT molecular complexity index is 813. The van der Waals surface area contributed by atoms with Crippen molar-refractivity contribution in [1.82, 2.24) is 14.3 Å². The summed E-state index contributed by atoms with van der Waals surface area (Å²) in [5.41, 5.74) is 6.26. The van der Waals surface area contributed by atoms with E-state index in [0.717, 1.165) is 4.31 Å². The van der Waals surface area contributed by atoms with Crippen molar-refractivity contribution < 1.29 is 8.42 Å². The number of rotatable bonds is 5. The van der Waals surface area contributed by atoms with Gasteiger partial charge in [-0.2, -0.15) is 0 Å². The second-order valence-corrected chi connectivity index (χ2v) is 7.02. The van der Waals surface area contributed by atoms with E-state index in [4.69, 9.17) is 5.73 Å². The van der Waals surface area contributed by atoms with Gasteiger partial charge in [0.1, 0.15) is 0 Å². The lowest BCUT2D eigenvalue weighted by molar-refractivity contribution is 0.521. The maximum Gasteiger partial charge on any atom is 0.260 e. The second kappa shape index (κ2) is 5.70. The summed E-state index contributed by atoms with van der Waals surface area (Å²) < 4.78 is 24.4. The molecule has 0 radical (unpaired) electrons. The van der Waals surface area contributed by atoms with Crippen LogP contribution >= 0.6 is 0 Å². The summed E-state index contributed by atoms with van der Waals surface area (Å²) in [6, 6.07) is 4.83. The molecule has 21 heavy (non-hydrogen) atoms. The molecule has 0 fully saturated rings. The molecule has 2 rings (SSSR count). The topological polar surface area (TPSA) is 121 Å². The minimum Gasteiger partial charge on any atom is -0.399 e. The molecule has 0 spiro atoms. The third kappa shape index (κ3) is 3.50. The van der Waals surface area contributed by atoms with Crippen LogP contribution in [0.25, 0.3) is 10.9 Å². The van der Waals surface area contributed by atoms with Crippen LogP contribution < -0.4 is 16.6 Å². The fraction of sp³-hybridized carbons (Fsp3) is 0.333. The molecule has 0 saturated heterocycles. The highest BCUT2D eigenvalue weighted by molar-refractivity contribution is 7.89. The van der Waals surface area contributed by atoms with Crippen molar-refractivity contribution in [2.24, 2.45) is 0 Å². The highest BCUT2D eigenvalue weighted by Crippen LogP contribution is 2.12. The molecule has 1 aromatic carbocycles. The first-order chi connectivity index (χ1) is 9.79. The summed E-state index contributed by atoms with van der Waals surface area (Å²) in [4.78, 5) is 18.7. The average molecular weight is 311 g/mol. The summed E-state index contributed by atoms with van der Waals surface area (Å²) in [7, 11) is -0.356. The highest BCUT2D eigenvalue weighted by atomic mass is 32.2. The van der Waals surface area contributed by atoms with E-state index in [1.165, 1.54) is 14.1 Å². The van der Waals surface area contributed by atoms with Gasteiger partial charge in [-0.3, -0.25) is 9.78 Å². The molecule has 0 aliphatic rings. The monoisotopic (exact) mass is 311 g/mol. The zero-order chi connectivity index (χ0) is 15.6. The smallest absolute Gasteiger partial charge is 0.260 e. The van der Waals surface area contributed by atoms with Gasteiger partial charge in [0.25, 0.3) is 5.56 Å². The second-order valence-electron chi connectivity index (χ2n) is 4.72. The van der Waals surface area contributed by atoms with E-state index >= 15 is 0 Å². The van der Waals surface area contributed by atoms with Gasteiger partial charge in [-0.15, -0.1) is 0 Å². The standard InChI is InChI=1S/C12H17N5O3S/c1-17(2)21(19,20)6-5-14-12-15-10-4-3-8(13)7-9(10)11(18)16-12/h3-4,7H,5-6,13H2,1-2H3,(H2,14,15,16,18). The van der Waals surface area contributed by atoms with E-state index in [-0.39, 0.29) is 23.8 Å². The molecule has 0 saturated carbocycles. The Labute approximate surface area is 122 Å². The number of anilines is 2. The van der Waals surface area contributed by atoms with Crippen molar-refractivity contribution in [2.75, 3.05) is 37.4 Å². The zero-order valence-electron chi connectivity index (χ0n) is 11.8. The summed E-state index contributed by atoms with van der Waals surface area (Å²) in [6.45, 7) is 0.143. The van der Waals surface area contributed by atoms with E-state index in [1.54, 1.807) is 18.2 Å². The normalized spacial score (nSPS) is 12.0.